The monoisotopic (exact) mass is 378 g/mol. The molecule has 2 aromatic carbocycles. The van der Waals surface area contributed by atoms with Gasteiger partial charge in [-0.2, -0.15) is 0 Å². The zero-order valence-electron chi connectivity index (χ0n) is 16.1. The summed E-state index contributed by atoms with van der Waals surface area (Å²) in [6.07, 6.45) is 2.51. The number of nitrogens with zero attached hydrogens (tertiary/aromatic N) is 2. The molecule has 1 aromatic heterocycles. The lowest BCUT2D eigenvalue weighted by Gasteiger charge is -2.32. The van der Waals surface area contributed by atoms with E-state index in [1.807, 2.05) is 29.2 Å². The molecule has 0 atom stereocenters. The number of piperidine rings is 1. The number of fused-ring (bicyclic) bond motifs is 1. The van der Waals surface area contributed by atoms with E-state index in [4.69, 9.17) is 0 Å². The van der Waals surface area contributed by atoms with Crippen molar-refractivity contribution < 1.29 is 9.90 Å². The largest absolute Gasteiger partial charge is 0.508 e. The van der Waals surface area contributed by atoms with E-state index in [1.54, 1.807) is 6.07 Å². The van der Waals surface area contributed by atoms with Crippen molar-refractivity contribution in [2.45, 2.75) is 32.1 Å². The highest BCUT2D eigenvalue weighted by Crippen LogP contribution is 2.29. The number of rotatable bonds is 4. The highest BCUT2D eigenvalue weighted by molar-refractivity contribution is 5.78. The third-order valence-electron chi connectivity index (χ3n) is 5.53. The number of amides is 2. The number of benzene rings is 2. The van der Waals surface area contributed by atoms with Crippen molar-refractivity contribution in [2.24, 2.45) is 0 Å². The van der Waals surface area contributed by atoms with Gasteiger partial charge in [0.1, 0.15) is 11.6 Å². The van der Waals surface area contributed by atoms with Gasteiger partial charge in [0.2, 0.25) is 0 Å². The first kappa shape index (κ1) is 18.3. The number of urea groups is 1. The Kier molecular flexibility index (Phi) is 5.19. The lowest BCUT2D eigenvalue weighted by molar-refractivity contribution is 0.181. The fraction of sp³-hybridized carbons (Fsp3) is 0.364. The number of imidazole rings is 1. The van der Waals surface area contributed by atoms with E-state index < -0.39 is 0 Å². The molecule has 146 valence electrons. The van der Waals surface area contributed by atoms with Crippen LogP contribution >= 0.6 is 0 Å². The van der Waals surface area contributed by atoms with Gasteiger partial charge in [0.25, 0.3) is 0 Å². The molecule has 1 aliphatic rings. The Bertz CT molecular complexity index is 974. The van der Waals surface area contributed by atoms with Crippen molar-refractivity contribution in [3.05, 3.63) is 59.4 Å². The SMILES string of the molecule is Cc1cccc2[nH]c(CCNC(=O)N3CCC(c4cccc(O)c4)CC3)nc12. The number of carbonyl (C=O) groups is 1. The first-order chi connectivity index (χ1) is 13.6. The number of para-hydroxylation sites is 1. The van der Waals surface area contributed by atoms with E-state index in [1.165, 1.54) is 0 Å². The molecule has 1 aliphatic heterocycles. The van der Waals surface area contributed by atoms with Crippen molar-refractivity contribution in [1.29, 1.82) is 0 Å². The molecule has 0 bridgehead atoms. The van der Waals surface area contributed by atoms with Crippen LogP contribution in [0.4, 0.5) is 4.79 Å². The molecule has 4 rings (SSSR count). The number of phenolic OH excluding ortho intramolecular Hbond substituents is 1. The third-order valence-corrected chi connectivity index (χ3v) is 5.53. The molecule has 1 fully saturated rings. The maximum absolute atomic E-state index is 12.5. The van der Waals surface area contributed by atoms with Gasteiger partial charge in [-0.1, -0.05) is 24.3 Å². The average Bonchev–Trinajstić information content (AvgIpc) is 3.12. The summed E-state index contributed by atoms with van der Waals surface area (Å²) < 4.78 is 0. The summed E-state index contributed by atoms with van der Waals surface area (Å²) in [5.74, 6) is 1.60. The van der Waals surface area contributed by atoms with Gasteiger partial charge in [-0.05, 0) is 55.0 Å². The molecule has 3 N–H and O–H groups in total. The van der Waals surface area contributed by atoms with Gasteiger partial charge >= 0.3 is 6.03 Å². The van der Waals surface area contributed by atoms with Gasteiger partial charge in [-0.25, -0.2) is 9.78 Å². The molecule has 0 unspecified atom stereocenters. The van der Waals surface area contributed by atoms with Crippen LogP contribution in [-0.4, -0.2) is 45.6 Å². The first-order valence-corrected chi connectivity index (χ1v) is 9.86. The second kappa shape index (κ2) is 7.92. The summed E-state index contributed by atoms with van der Waals surface area (Å²) in [4.78, 5) is 22.3. The smallest absolute Gasteiger partial charge is 0.317 e. The molecule has 2 amide bonds. The number of aromatic nitrogens is 2. The molecule has 2 heterocycles. The number of aromatic hydroxyl groups is 1. The minimum atomic E-state index is -0.0124. The zero-order chi connectivity index (χ0) is 19.5. The Hall–Kier alpha value is -3.02. The summed E-state index contributed by atoms with van der Waals surface area (Å²) in [7, 11) is 0. The lowest BCUT2D eigenvalue weighted by atomic mass is 9.89. The molecule has 0 radical (unpaired) electrons. The minimum absolute atomic E-state index is 0.0124. The summed E-state index contributed by atoms with van der Waals surface area (Å²) in [6.45, 7) is 4.07. The average molecular weight is 378 g/mol. The number of likely N-dealkylation sites (tertiary alicyclic amines) is 1. The Balaban J connectivity index is 1.26. The maximum Gasteiger partial charge on any atom is 0.317 e. The van der Waals surface area contributed by atoms with Crippen molar-refractivity contribution in [3.8, 4) is 5.75 Å². The van der Waals surface area contributed by atoms with E-state index in [9.17, 15) is 9.90 Å². The van der Waals surface area contributed by atoms with Crippen molar-refractivity contribution in [1.82, 2.24) is 20.2 Å². The van der Waals surface area contributed by atoms with Crippen molar-refractivity contribution in [3.63, 3.8) is 0 Å². The van der Waals surface area contributed by atoms with E-state index >= 15 is 0 Å². The third kappa shape index (κ3) is 3.96. The Morgan fingerprint density at radius 2 is 2.04 bits per heavy atom. The van der Waals surface area contributed by atoms with E-state index in [2.05, 4.69) is 34.3 Å². The minimum Gasteiger partial charge on any atom is -0.508 e. The van der Waals surface area contributed by atoms with Gasteiger partial charge in [-0.3, -0.25) is 0 Å². The maximum atomic E-state index is 12.5. The second-order valence-corrected chi connectivity index (χ2v) is 7.49. The highest BCUT2D eigenvalue weighted by Gasteiger charge is 2.23. The van der Waals surface area contributed by atoms with Gasteiger partial charge < -0.3 is 20.3 Å². The Morgan fingerprint density at radius 3 is 2.79 bits per heavy atom. The van der Waals surface area contributed by atoms with Crippen molar-refractivity contribution >= 4 is 17.1 Å². The standard InChI is InChI=1S/C22H26N4O2/c1-15-4-2-7-19-21(15)25-20(24-19)8-11-23-22(28)26-12-9-16(10-13-26)17-5-3-6-18(27)14-17/h2-7,14,16,27H,8-13H2,1H3,(H,23,28)(H,24,25). The number of aromatic amines is 1. The van der Waals surface area contributed by atoms with Crippen LogP contribution in [0.3, 0.4) is 0 Å². The van der Waals surface area contributed by atoms with E-state index in [-0.39, 0.29) is 6.03 Å². The second-order valence-electron chi connectivity index (χ2n) is 7.49. The van der Waals surface area contributed by atoms with Crippen molar-refractivity contribution in [2.75, 3.05) is 19.6 Å². The number of hydrogen-bond donors (Lipinski definition) is 3. The molecule has 0 spiro atoms. The summed E-state index contributed by atoms with van der Waals surface area (Å²) in [6, 6.07) is 13.5. The van der Waals surface area contributed by atoms with Crippen LogP contribution in [0.2, 0.25) is 0 Å². The fourth-order valence-electron chi connectivity index (χ4n) is 3.94. The molecule has 3 aromatic rings. The van der Waals surface area contributed by atoms with E-state index in [0.717, 1.165) is 53.9 Å². The highest BCUT2D eigenvalue weighted by atomic mass is 16.3. The molecule has 6 nitrogen and oxygen atoms in total. The van der Waals surface area contributed by atoms with Crippen LogP contribution in [0.25, 0.3) is 11.0 Å². The van der Waals surface area contributed by atoms with Crippen LogP contribution in [0.5, 0.6) is 5.75 Å². The van der Waals surface area contributed by atoms with Crippen LogP contribution in [0.15, 0.2) is 42.5 Å². The molecular formula is C22H26N4O2. The van der Waals surface area contributed by atoms with Gasteiger partial charge in [0, 0.05) is 26.1 Å². The summed E-state index contributed by atoms with van der Waals surface area (Å²) >= 11 is 0. The number of H-pyrrole nitrogens is 1. The lowest BCUT2D eigenvalue weighted by Crippen LogP contribution is -2.44. The predicted octanol–water partition coefficient (Wildman–Crippen LogP) is 3.71. The number of nitrogens with one attached hydrogen (secondary N) is 2. The first-order valence-electron chi connectivity index (χ1n) is 9.86. The molecule has 0 aliphatic carbocycles. The van der Waals surface area contributed by atoms with Crippen LogP contribution < -0.4 is 5.32 Å². The van der Waals surface area contributed by atoms with Crippen LogP contribution in [0, 0.1) is 6.92 Å². The Morgan fingerprint density at radius 1 is 1.25 bits per heavy atom. The summed E-state index contributed by atoms with van der Waals surface area (Å²) in [5, 5.41) is 12.7. The number of aryl methyl sites for hydroxylation is 1. The molecule has 0 saturated carbocycles. The van der Waals surface area contributed by atoms with E-state index in [0.29, 0.717) is 24.6 Å². The quantitative estimate of drug-likeness (QED) is 0.647. The molecule has 28 heavy (non-hydrogen) atoms. The van der Waals surface area contributed by atoms with Gasteiger partial charge in [-0.15, -0.1) is 0 Å². The fourth-order valence-corrected chi connectivity index (χ4v) is 3.94. The Labute approximate surface area is 164 Å². The van der Waals surface area contributed by atoms with Gasteiger partial charge in [0.15, 0.2) is 0 Å². The van der Waals surface area contributed by atoms with Gasteiger partial charge in [0.05, 0.1) is 11.0 Å². The van der Waals surface area contributed by atoms with Crippen LogP contribution in [0.1, 0.15) is 35.7 Å². The predicted molar refractivity (Wildman–Crippen MR) is 110 cm³/mol. The van der Waals surface area contributed by atoms with Crippen LogP contribution in [-0.2, 0) is 6.42 Å². The molecule has 6 heteroatoms. The molecular weight excluding hydrogens is 352 g/mol. The number of phenols is 1. The number of hydrogen-bond acceptors (Lipinski definition) is 3. The molecule has 1 saturated heterocycles. The zero-order valence-corrected chi connectivity index (χ0v) is 16.1. The normalized spacial score (nSPS) is 15.1. The summed E-state index contributed by atoms with van der Waals surface area (Å²) in [5.41, 5.74) is 4.34. The number of carbonyl (C=O) groups excluding carboxylic acids is 1. The topological polar surface area (TPSA) is 81.2 Å².